The minimum Gasteiger partial charge on any atom is -0.381 e. The SMILES string of the molecule is CCOC(CN)CCS(=O)(=O)C1CCOCC1. The quantitative estimate of drug-likeness (QED) is 0.718. The summed E-state index contributed by atoms with van der Waals surface area (Å²) in [4.78, 5) is 0. The highest BCUT2D eigenvalue weighted by Crippen LogP contribution is 2.17. The van der Waals surface area contributed by atoms with Crippen molar-refractivity contribution in [3.8, 4) is 0 Å². The van der Waals surface area contributed by atoms with Crippen molar-refractivity contribution in [3.05, 3.63) is 0 Å². The second kappa shape index (κ2) is 7.31. The summed E-state index contributed by atoms with van der Waals surface area (Å²) in [6.45, 7) is 3.93. The lowest BCUT2D eigenvalue weighted by Gasteiger charge is -2.23. The Kier molecular flexibility index (Phi) is 6.40. The third-order valence-corrected chi connectivity index (χ3v) is 5.36. The number of sulfone groups is 1. The van der Waals surface area contributed by atoms with Crippen LogP contribution in [0.3, 0.4) is 0 Å². The Labute approximate surface area is 104 Å². The Balaban J connectivity index is 2.42. The van der Waals surface area contributed by atoms with E-state index in [-0.39, 0.29) is 17.1 Å². The standard InChI is InChI=1S/C11H23NO4S/c1-2-16-10(9-12)5-8-17(13,14)11-3-6-15-7-4-11/h10-11H,2-9,12H2,1H3. The van der Waals surface area contributed by atoms with Crippen molar-refractivity contribution in [3.63, 3.8) is 0 Å². The van der Waals surface area contributed by atoms with E-state index in [1.165, 1.54) is 0 Å². The lowest BCUT2D eigenvalue weighted by Crippen LogP contribution is -2.33. The molecular formula is C11H23NO4S. The average molecular weight is 265 g/mol. The maximum atomic E-state index is 12.1. The zero-order chi connectivity index (χ0) is 12.7. The maximum absolute atomic E-state index is 12.1. The summed E-state index contributed by atoms with van der Waals surface area (Å²) in [5.41, 5.74) is 5.53. The van der Waals surface area contributed by atoms with Gasteiger partial charge >= 0.3 is 0 Å². The highest BCUT2D eigenvalue weighted by molar-refractivity contribution is 7.92. The van der Waals surface area contributed by atoms with Crippen LogP contribution >= 0.6 is 0 Å². The first-order valence-electron chi connectivity index (χ1n) is 6.21. The summed E-state index contributed by atoms with van der Waals surface area (Å²) in [5, 5.41) is -0.240. The van der Waals surface area contributed by atoms with Crippen LogP contribution in [-0.2, 0) is 19.3 Å². The lowest BCUT2D eigenvalue weighted by molar-refractivity contribution is 0.0668. The van der Waals surface area contributed by atoms with Crippen LogP contribution in [0.4, 0.5) is 0 Å². The van der Waals surface area contributed by atoms with E-state index in [9.17, 15) is 8.42 Å². The van der Waals surface area contributed by atoms with E-state index in [1.54, 1.807) is 0 Å². The van der Waals surface area contributed by atoms with Crippen LogP contribution in [0.15, 0.2) is 0 Å². The third kappa shape index (κ3) is 4.91. The van der Waals surface area contributed by atoms with Crippen molar-refractivity contribution in [2.24, 2.45) is 5.73 Å². The fraction of sp³-hybridized carbons (Fsp3) is 1.00. The van der Waals surface area contributed by atoms with Gasteiger partial charge in [0.05, 0.1) is 17.1 Å². The van der Waals surface area contributed by atoms with E-state index < -0.39 is 9.84 Å². The van der Waals surface area contributed by atoms with E-state index in [0.717, 1.165) is 0 Å². The molecule has 1 aliphatic rings. The molecule has 0 aliphatic carbocycles. The predicted octanol–water partition coefficient (Wildman–Crippen LogP) is 0.334. The fourth-order valence-electron chi connectivity index (χ4n) is 2.00. The molecule has 1 aliphatic heterocycles. The van der Waals surface area contributed by atoms with Crippen LogP contribution in [0.1, 0.15) is 26.2 Å². The fourth-order valence-corrected chi connectivity index (χ4v) is 3.84. The Hall–Kier alpha value is -0.170. The van der Waals surface area contributed by atoms with Gasteiger partial charge in [-0.1, -0.05) is 0 Å². The third-order valence-electron chi connectivity index (χ3n) is 3.07. The van der Waals surface area contributed by atoms with Crippen molar-refractivity contribution in [1.82, 2.24) is 0 Å². The smallest absolute Gasteiger partial charge is 0.153 e. The zero-order valence-corrected chi connectivity index (χ0v) is 11.2. The minimum absolute atomic E-state index is 0.144. The molecule has 1 fully saturated rings. The van der Waals surface area contributed by atoms with Gasteiger partial charge in [-0.25, -0.2) is 8.42 Å². The highest BCUT2D eigenvalue weighted by atomic mass is 32.2. The van der Waals surface area contributed by atoms with Crippen molar-refractivity contribution in [2.75, 3.05) is 32.1 Å². The van der Waals surface area contributed by atoms with Crippen LogP contribution in [0, 0.1) is 0 Å². The Morgan fingerprint density at radius 1 is 1.41 bits per heavy atom. The maximum Gasteiger partial charge on any atom is 0.153 e. The molecule has 2 N–H and O–H groups in total. The molecule has 1 unspecified atom stereocenters. The number of rotatable bonds is 7. The van der Waals surface area contributed by atoms with Gasteiger partial charge < -0.3 is 15.2 Å². The van der Waals surface area contributed by atoms with Gasteiger partial charge in [0.2, 0.25) is 0 Å². The molecule has 1 heterocycles. The Morgan fingerprint density at radius 3 is 2.59 bits per heavy atom. The van der Waals surface area contributed by atoms with Crippen molar-refractivity contribution in [1.29, 1.82) is 0 Å². The summed E-state index contributed by atoms with van der Waals surface area (Å²) in [6, 6.07) is 0. The molecule has 0 radical (unpaired) electrons. The molecule has 0 saturated carbocycles. The molecule has 0 aromatic carbocycles. The summed E-state index contributed by atoms with van der Waals surface area (Å²) in [5.74, 6) is 0.166. The van der Waals surface area contributed by atoms with E-state index in [4.69, 9.17) is 15.2 Å². The van der Waals surface area contributed by atoms with E-state index in [2.05, 4.69) is 0 Å². The molecule has 0 spiro atoms. The predicted molar refractivity (Wildman–Crippen MR) is 66.7 cm³/mol. The van der Waals surface area contributed by atoms with Gasteiger partial charge in [-0.3, -0.25) is 0 Å². The first-order chi connectivity index (χ1) is 8.10. The van der Waals surface area contributed by atoms with Crippen LogP contribution in [-0.4, -0.2) is 51.9 Å². The van der Waals surface area contributed by atoms with Gasteiger partial charge in [-0.2, -0.15) is 0 Å². The number of hydrogen-bond donors (Lipinski definition) is 1. The molecule has 0 aromatic heterocycles. The van der Waals surface area contributed by atoms with Gasteiger partial charge in [0.1, 0.15) is 0 Å². The molecule has 0 amide bonds. The zero-order valence-electron chi connectivity index (χ0n) is 10.4. The van der Waals surface area contributed by atoms with Crippen LogP contribution < -0.4 is 5.73 Å². The van der Waals surface area contributed by atoms with Gasteiger partial charge in [0.15, 0.2) is 9.84 Å². The molecule has 0 bridgehead atoms. The summed E-state index contributed by atoms with van der Waals surface area (Å²) < 4.78 is 34.6. The molecule has 17 heavy (non-hydrogen) atoms. The minimum atomic E-state index is -3.02. The Bertz CT molecular complexity index is 299. The normalized spacial score (nSPS) is 20.4. The topological polar surface area (TPSA) is 78.6 Å². The first-order valence-corrected chi connectivity index (χ1v) is 7.92. The number of ether oxygens (including phenoxy) is 2. The molecular weight excluding hydrogens is 242 g/mol. The largest absolute Gasteiger partial charge is 0.381 e. The molecule has 102 valence electrons. The molecule has 6 heteroatoms. The second-order valence-electron chi connectivity index (χ2n) is 4.28. The molecule has 5 nitrogen and oxygen atoms in total. The van der Waals surface area contributed by atoms with Crippen LogP contribution in [0.5, 0.6) is 0 Å². The molecule has 1 saturated heterocycles. The highest BCUT2D eigenvalue weighted by Gasteiger charge is 2.28. The monoisotopic (exact) mass is 265 g/mol. The Morgan fingerprint density at radius 2 is 2.06 bits per heavy atom. The van der Waals surface area contributed by atoms with Crippen molar-refractivity contribution >= 4 is 9.84 Å². The van der Waals surface area contributed by atoms with Gasteiger partial charge in [0, 0.05) is 26.4 Å². The van der Waals surface area contributed by atoms with E-state index >= 15 is 0 Å². The van der Waals surface area contributed by atoms with Gasteiger partial charge in [0.25, 0.3) is 0 Å². The van der Waals surface area contributed by atoms with Crippen molar-refractivity contribution < 1.29 is 17.9 Å². The van der Waals surface area contributed by atoms with Crippen molar-refractivity contribution in [2.45, 2.75) is 37.5 Å². The second-order valence-corrected chi connectivity index (χ2v) is 6.68. The van der Waals surface area contributed by atoms with E-state index in [1.807, 2.05) is 6.92 Å². The summed E-state index contributed by atoms with van der Waals surface area (Å²) >= 11 is 0. The molecule has 1 rings (SSSR count). The lowest BCUT2D eigenvalue weighted by atomic mass is 10.2. The molecule has 0 aromatic rings. The molecule has 1 atom stereocenters. The van der Waals surface area contributed by atoms with Crippen LogP contribution in [0.25, 0.3) is 0 Å². The van der Waals surface area contributed by atoms with E-state index in [0.29, 0.717) is 45.6 Å². The first kappa shape index (κ1) is 14.9. The number of nitrogens with two attached hydrogens (primary N) is 1. The van der Waals surface area contributed by atoms with Crippen LogP contribution in [0.2, 0.25) is 0 Å². The van der Waals surface area contributed by atoms with Gasteiger partial charge in [-0.15, -0.1) is 0 Å². The van der Waals surface area contributed by atoms with Gasteiger partial charge in [-0.05, 0) is 26.2 Å². The average Bonchev–Trinajstić information content (AvgIpc) is 2.35. The number of hydrogen-bond acceptors (Lipinski definition) is 5. The summed E-state index contributed by atoms with van der Waals surface area (Å²) in [6.07, 6.45) is 1.58. The summed E-state index contributed by atoms with van der Waals surface area (Å²) in [7, 11) is -3.02.